The molecule has 2 amide bonds. The number of nitrogens with zero attached hydrogens (tertiary/aromatic N) is 2. The average Bonchev–Trinajstić information content (AvgIpc) is 3.17. The topological polar surface area (TPSA) is 76.0 Å². The van der Waals surface area contributed by atoms with Crippen LogP contribution in [0, 0.1) is 0 Å². The fourth-order valence-corrected chi connectivity index (χ4v) is 3.79. The van der Waals surface area contributed by atoms with Gasteiger partial charge in [-0.15, -0.1) is 0 Å². The van der Waals surface area contributed by atoms with Crippen LogP contribution in [0.25, 0.3) is 11.0 Å². The molecule has 1 aromatic heterocycles. The lowest BCUT2D eigenvalue weighted by Gasteiger charge is -2.17. The van der Waals surface area contributed by atoms with Crippen LogP contribution in [-0.2, 0) is 17.8 Å². The van der Waals surface area contributed by atoms with Gasteiger partial charge >= 0.3 is 0 Å². The Bertz CT molecular complexity index is 1250. The van der Waals surface area contributed by atoms with Gasteiger partial charge in [0.25, 0.3) is 5.91 Å². The number of aryl methyl sites for hydroxylation is 1. The first-order chi connectivity index (χ1) is 15.6. The Kier molecular flexibility index (Phi) is 6.31. The lowest BCUT2D eigenvalue weighted by molar-refractivity contribution is -0.116. The van der Waals surface area contributed by atoms with Gasteiger partial charge in [0.15, 0.2) is 0 Å². The number of amides is 2. The number of hydrogen-bond donors (Lipinski definition) is 2. The highest BCUT2D eigenvalue weighted by Gasteiger charge is 2.17. The summed E-state index contributed by atoms with van der Waals surface area (Å²) in [4.78, 5) is 30.5. The molecule has 1 atom stereocenters. The molecule has 0 saturated carbocycles. The Balaban J connectivity index is 1.51. The normalized spacial score (nSPS) is 11.8. The van der Waals surface area contributed by atoms with E-state index >= 15 is 0 Å². The molecule has 3 aromatic carbocycles. The highest BCUT2D eigenvalue weighted by atomic mass is 16.2. The minimum atomic E-state index is -0.236. The van der Waals surface area contributed by atoms with Gasteiger partial charge in [0, 0.05) is 6.42 Å². The number of aromatic nitrogens is 2. The molecule has 0 aliphatic heterocycles. The SMILES string of the molecule is CCc1nc2ccccc2n1CC(=O)Nc1ccccc1C(=O)NC(C)c1ccccc1. The summed E-state index contributed by atoms with van der Waals surface area (Å²) < 4.78 is 1.92. The monoisotopic (exact) mass is 426 g/mol. The van der Waals surface area contributed by atoms with E-state index in [9.17, 15) is 9.59 Å². The average molecular weight is 427 g/mol. The quantitative estimate of drug-likeness (QED) is 0.449. The van der Waals surface area contributed by atoms with Crippen molar-refractivity contribution in [1.29, 1.82) is 0 Å². The Morgan fingerprint density at radius 1 is 0.938 bits per heavy atom. The number of anilines is 1. The second-order valence-electron chi connectivity index (χ2n) is 7.66. The van der Waals surface area contributed by atoms with Crippen molar-refractivity contribution in [3.63, 3.8) is 0 Å². The summed E-state index contributed by atoms with van der Waals surface area (Å²) in [7, 11) is 0. The molecule has 4 rings (SSSR count). The van der Waals surface area contributed by atoms with Crippen molar-refractivity contribution in [2.24, 2.45) is 0 Å². The molecule has 1 heterocycles. The highest BCUT2D eigenvalue weighted by Crippen LogP contribution is 2.20. The maximum atomic E-state index is 12.9. The van der Waals surface area contributed by atoms with Crippen molar-refractivity contribution in [3.8, 4) is 0 Å². The number of imidazole rings is 1. The molecule has 0 radical (unpaired) electrons. The van der Waals surface area contributed by atoms with E-state index in [4.69, 9.17) is 0 Å². The van der Waals surface area contributed by atoms with Gasteiger partial charge in [-0.1, -0.05) is 61.5 Å². The predicted octanol–water partition coefficient (Wildman–Crippen LogP) is 4.73. The van der Waals surface area contributed by atoms with Gasteiger partial charge in [0.05, 0.1) is 28.3 Å². The van der Waals surface area contributed by atoms with E-state index in [-0.39, 0.29) is 24.4 Å². The van der Waals surface area contributed by atoms with E-state index in [0.29, 0.717) is 11.3 Å². The summed E-state index contributed by atoms with van der Waals surface area (Å²) >= 11 is 0. The Labute approximate surface area is 187 Å². The van der Waals surface area contributed by atoms with Crippen LogP contribution >= 0.6 is 0 Å². The van der Waals surface area contributed by atoms with Gasteiger partial charge < -0.3 is 15.2 Å². The number of benzene rings is 3. The Hall–Kier alpha value is -3.93. The van der Waals surface area contributed by atoms with E-state index < -0.39 is 0 Å². The molecular weight excluding hydrogens is 400 g/mol. The molecule has 0 bridgehead atoms. The second-order valence-corrected chi connectivity index (χ2v) is 7.66. The second kappa shape index (κ2) is 9.47. The predicted molar refractivity (Wildman–Crippen MR) is 127 cm³/mol. The summed E-state index contributed by atoms with van der Waals surface area (Å²) in [6.07, 6.45) is 0.721. The first kappa shape index (κ1) is 21.3. The van der Waals surface area contributed by atoms with Crippen molar-refractivity contribution < 1.29 is 9.59 Å². The van der Waals surface area contributed by atoms with E-state index in [1.807, 2.05) is 73.0 Å². The lowest BCUT2D eigenvalue weighted by atomic mass is 10.1. The summed E-state index contributed by atoms with van der Waals surface area (Å²) in [6.45, 7) is 4.08. The minimum Gasteiger partial charge on any atom is -0.345 e. The molecule has 162 valence electrons. The molecule has 0 aliphatic rings. The van der Waals surface area contributed by atoms with Crippen LogP contribution in [0.4, 0.5) is 5.69 Å². The number of rotatable bonds is 7. The van der Waals surface area contributed by atoms with Crippen LogP contribution in [0.5, 0.6) is 0 Å². The molecule has 4 aromatic rings. The van der Waals surface area contributed by atoms with Crippen LogP contribution in [0.2, 0.25) is 0 Å². The standard InChI is InChI=1S/C26H26N4O2/c1-3-24-28-22-15-9-10-16-23(22)30(24)17-25(31)29-21-14-8-7-13-20(21)26(32)27-18(2)19-11-5-4-6-12-19/h4-16,18H,3,17H2,1-2H3,(H,27,32)(H,29,31). The van der Waals surface area contributed by atoms with Crippen LogP contribution in [-0.4, -0.2) is 21.4 Å². The third-order valence-corrected chi connectivity index (χ3v) is 5.44. The van der Waals surface area contributed by atoms with Crippen LogP contribution in [0.1, 0.15) is 41.6 Å². The fourth-order valence-electron chi connectivity index (χ4n) is 3.79. The first-order valence-corrected chi connectivity index (χ1v) is 10.8. The number of carbonyl (C=O) groups excluding carboxylic acids is 2. The van der Waals surface area contributed by atoms with E-state index in [0.717, 1.165) is 28.8 Å². The molecule has 0 saturated heterocycles. The molecule has 6 nitrogen and oxygen atoms in total. The maximum absolute atomic E-state index is 12.9. The van der Waals surface area contributed by atoms with Crippen molar-refractivity contribution in [1.82, 2.24) is 14.9 Å². The van der Waals surface area contributed by atoms with Crippen molar-refractivity contribution >= 4 is 28.5 Å². The largest absolute Gasteiger partial charge is 0.345 e. The third kappa shape index (κ3) is 4.54. The number of hydrogen-bond acceptors (Lipinski definition) is 3. The van der Waals surface area contributed by atoms with Gasteiger partial charge in [0.1, 0.15) is 12.4 Å². The van der Waals surface area contributed by atoms with E-state index in [1.54, 1.807) is 24.3 Å². The summed E-state index contributed by atoms with van der Waals surface area (Å²) in [5.74, 6) is 0.405. The molecule has 2 N–H and O–H groups in total. The number of para-hydroxylation sites is 3. The Morgan fingerprint density at radius 3 is 2.41 bits per heavy atom. The van der Waals surface area contributed by atoms with Crippen LogP contribution in [0.3, 0.4) is 0 Å². The smallest absolute Gasteiger partial charge is 0.253 e. The highest BCUT2D eigenvalue weighted by molar-refractivity contribution is 6.04. The maximum Gasteiger partial charge on any atom is 0.253 e. The van der Waals surface area contributed by atoms with Crippen LogP contribution < -0.4 is 10.6 Å². The molecule has 32 heavy (non-hydrogen) atoms. The first-order valence-electron chi connectivity index (χ1n) is 10.8. The summed E-state index contributed by atoms with van der Waals surface area (Å²) in [5.41, 5.74) is 3.71. The van der Waals surface area contributed by atoms with Crippen molar-refractivity contribution in [3.05, 3.63) is 95.8 Å². The molecule has 6 heteroatoms. The number of carbonyl (C=O) groups is 2. The zero-order valence-corrected chi connectivity index (χ0v) is 18.2. The van der Waals surface area contributed by atoms with Crippen LogP contribution in [0.15, 0.2) is 78.9 Å². The van der Waals surface area contributed by atoms with Gasteiger partial charge in [0.2, 0.25) is 5.91 Å². The Morgan fingerprint density at radius 2 is 1.62 bits per heavy atom. The number of fused-ring (bicyclic) bond motifs is 1. The molecule has 0 fully saturated rings. The van der Waals surface area contributed by atoms with Gasteiger partial charge in [-0.2, -0.15) is 0 Å². The molecule has 1 unspecified atom stereocenters. The van der Waals surface area contributed by atoms with Gasteiger partial charge in [-0.3, -0.25) is 9.59 Å². The van der Waals surface area contributed by atoms with E-state index in [2.05, 4.69) is 15.6 Å². The fraction of sp³-hybridized carbons (Fsp3) is 0.192. The molecular formula is C26H26N4O2. The zero-order chi connectivity index (χ0) is 22.5. The zero-order valence-electron chi connectivity index (χ0n) is 18.2. The van der Waals surface area contributed by atoms with Gasteiger partial charge in [-0.05, 0) is 36.8 Å². The van der Waals surface area contributed by atoms with Gasteiger partial charge in [-0.25, -0.2) is 4.98 Å². The summed E-state index contributed by atoms with van der Waals surface area (Å²) in [6, 6.07) is 24.4. The molecule has 0 aliphatic carbocycles. The van der Waals surface area contributed by atoms with Crippen molar-refractivity contribution in [2.75, 3.05) is 5.32 Å². The van der Waals surface area contributed by atoms with Crippen molar-refractivity contribution in [2.45, 2.75) is 32.9 Å². The number of nitrogens with one attached hydrogen (secondary N) is 2. The third-order valence-electron chi connectivity index (χ3n) is 5.44. The minimum absolute atomic E-state index is 0.125. The van der Waals surface area contributed by atoms with E-state index in [1.165, 1.54) is 0 Å². The summed E-state index contributed by atoms with van der Waals surface area (Å²) in [5, 5.41) is 5.92. The lowest BCUT2D eigenvalue weighted by Crippen LogP contribution is -2.28. The molecule has 0 spiro atoms.